The number of nitrogens with two attached hydrogens (primary N) is 1. The maximum atomic E-state index is 5.55. The Morgan fingerprint density at radius 3 is 2.82 bits per heavy atom. The van der Waals surface area contributed by atoms with Crippen molar-refractivity contribution < 1.29 is 0 Å². The van der Waals surface area contributed by atoms with E-state index in [0.29, 0.717) is 5.70 Å². The zero-order valence-electron chi connectivity index (χ0n) is 6.97. The Balaban J connectivity index is 3.69. The van der Waals surface area contributed by atoms with Crippen molar-refractivity contribution in [2.75, 3.05) is 12.0 Å². The maximum absolute atomic E-state index is 5.55. The molecule has 0 heterocycles. The van der Waals surface area contributed by atoms with E-state index < -0.39 is 0 Å². The second-order valence-electron chi connectivity index (χ2n) is 2.28. The van der Waals surface area contributed by atoms with Gasteiger partial charge in [0.05, 0.1) is 6.04 Å². The van der Waals surface area contributed by atoms with E-state index in [2.05, 4.69) is 24.7 Å². The fourth-order valence-corrected chi connectivity index (χ4v) is 1.23. The molecule has 0 saturated carbocycles. The van der Waals surface area contributed by atoms with Crippen LogP contribution < -0.4 is 11.1 Å². The highest BCUT2D eigenvalue weighted by atomic mass is 32.2. The van der Waals surface area contributed by atoms with Crippen LogP contribution in [0.15, 0.2) is 25.1 Å². The summed E-state index contributed by atoms with van der Waals surface area (Å²) in [6.07, 6.45) is 4.73. The Morgan fingerprint density at radius 2 is 2.45 bits per heavy atom. The summed E-state index contributed by atoms with van der Waals surface area (Å²) >= 11 is 1.80. The van der Waals surface area contributed by atoms with Gasteiger partial charge in [-0.05, 0) is 24.6 Å². The largest absolute Gasteiger partial charge is 0.401 e. The van der Waals surface area contributed by atoms with Gasteiger partial charge < -0.3 is 11.1 Å². The minimum Gasteiger partial charge on any atom is -0.401 e. The Bertz CT molecular complexity index is 134. The number of hydrogen-bond acceptors (Lipinski definition) is 3. The zero-order chi connectivity index (χ0) is 8.69. The van der Waals surface area contributed by atoms with Crippen molar-refractivity contribution in [2.45, 2.75) is 12.5 Å². The molecule has 0 aromatic carbocycles. The van der Waals surface area contributed by atoms with Crippen LogP contribution in [-0.4, -0.2) is 18.1 Å². The third kappa shape index (κ3) is 4.79. The lowest BCUT2D eigenvalue weighted by Gasteiger charge is -2.15. The Morgan fingerprint density at radius 1 is 1.82 bits per heavy atom. The lowest BCUT2D eigenvalue weighted by atomic mass is 10.2. The molecular formula is C8H16N2S. The van der Waals surface area contributed by atoms with E-state index in [1.165, 1.54) is 0 Å². The Hall–Kier alpha value is -0.570. The molecule has 0 aromatic heterocycles. The summed E-state index contributed by atoms with van der Waals surface area (Å²) in [7, 11) is 0. The van der Waals surface area contributed by atoms with Gasteiger partial charge in [-0.15, -0.1) is 0 Å². The highest BCUT2D eigenvalue weighted by molar-refractivity contribution is 7.98. The minimum atomic E-state index is 0.181. The average molecular weight is 172 g/mol. The van der Waals surface area contributed by atoms with Crippen LogP contribution in [0.25, 0.3) is 0 Å². The third-order valence-electron chi connectivity index (χ3n) is 1.38. The van der Waals surface area contributed by atoms with Crippen molar-refractivity contribution >= 4 is 11.8 Å². The van der Waals surface area contributed by atoms with E-state index in [4.69, 9.17) is 5.73 Å². The van der Waals surface area contributed by atoms with Crippen molar-refractivity contribution in [1.29, 1.82) is 0 Å². The second-order valence-corrected chi connectivity index (χ2v) is 3.27. The van der Waals surface area contributed by atoms with Gasteiger partial charge in [0, 0.05) is 5.70 Å². The molecule has 0 fully saturated rings. The Kier molecular flexibility index (Phi) is 5.84. The van der Waals surface area contributed by atoms with Crippen LogP contribution in [0, 0.1) is 0 Å². The summed E-state index contributed by atoms with van der Waals surface area (Å²) < 4.78 is 0. The molecule has 2 nitrogen and oxygen atoms in total. The third-order valence-corrected chi connectivity index (χ3v) is 2.02. The summed E-state index contributed by atoms with van der Waals surface area (Å²) in [6, 6.07) is 0.181. The zero-order valence-corrected chi connectivity index (χ0v) is 7.79. The molecule has 0 radical (unpaired) electrons. The molecule has 0 saturated heterocycles. The van der Waals surface area contributed by atoms with Crippen LogP contribution in [0.1, 0.15) is 6.42 Å². The van der Waals surface area contributed by atoms with Gasteiger partial charge >= 0.3 is 0 Å². The number of thioether (sulfide) groups is 1. The van der Waals surface area contributed by atoms with E-state index in [9.17, 15) is 0 Å². The van der Waals surface area contributed by atoms with Crippen molar-refractivity contribution in [3.63, 3.8) is 0 Å². The molecule has 0 aliphatic carbocycles. The summed E-state index contributed by atoms with van der Waals surface area (Å²) in [5, 5.41) is 3.04. The first-order valence-corrected chi connectivity index (χ1v) is 4.92. The van der Waals surface area contributed by atoms with Gasteiger partial charge in [-0.3, -0.25) is 0 Å². The van der Waals surface area contributed by atoms with Gasteiger partial charge in [-0.2, -0.15) is 11.8 Å². The van der Waals surface area contributed by atoms with Gasteiger partial charge in [0.15, 0.2) is 0 Å². The first-order valence-electron chi connectivity index (χ1n) is 3.52. The summed E-state index contributed by atoms with van der Waals surface area (Å²) in [6.45, 7) is 7.26. The molecule has 3 N–H and O–H groups in total. The number of nitrogens with one attached hydrogen (secondary N) is 1. The predicted octanol–water partition coefficient (Wildman–Crippen LogP) is 1.31. The Labute approximate surface area is 72.9 Å². The summed E-state index contributed by atoms with van der Waals surface area (Å²) in [5.74, 6) is 1.09. The predicted molar refractivity (Wildman–Crippen MR) is 53.4 cm³/mol. The van der Waals surface area contributed by atoms with E-state index in [0.717, 1.165) is 12.2 Å². The van der Waals surface area contributed by atoms with Crippen molar-refractivity contribution in [3.05, 3.63) is 25.1 Å². The lowest BCUT2D eigenvalue weighted by Crippen LogP contribution is -2.30. The van der Waals surface area contributed by atoms with E-state index in [1.54, 1.807) is 18.0 Å². The molecule has 0 aliphatic rings. The molecular weight excluding hydrogens is 156 g/mol. The second kappa shape index (κ2) is 6.16. The van der Waals surface area contributed by atoms with E-state index in [-0.39, 0.29) is 6.04 Å². The number of rotatable bonds is 6. The maximum Gasteiger partial charge on any atom is 0.0653 e. The van der Waals surface area contributed by atoms with Gasteiger partial charge in [-0.1, -0.05) is 13.2 Å². The number of hydrogen-bond donors (Lipinski definition) is 2. The average Bonchev–Trinajstić information content (AvgIpc) is 1.97. The molecule has 0 aromatic rings. The van der Waals surface area contributed by atoms with E-state index >= 15 is 0 Å². The molecule has 11 heavy (non-hydrogen) atoms. The topological polar surface area (TPSA) is 38.0 Å². The molecule has 64 valence electrons. The van der Waals surface area contributed by atoms with Crippen molar-refractivity contribution in [3.8, 4) is 0 Å². The molecule has 0 bridgehead atoms. The fraction of sp³-hybridized carbons (Fsp3) is 0.500. The molecule has 3 heteroatoms. The minimum absolute atomic E-state index is 0.181. The highest BCUT2D eigenvalue weighted by Crippen LogP contribution is 2.03. The van der Waals surface area contributed by atoms with Crippen molar-refractivity contribution in [1.82, 2.24) is 5.32 Å². The normalized spacial score (nSPS) is 12.1. The van der Waals surface area contributed by atoms with Crippen LogP contribution in [0.3, 0.4) is 0 Å². The molecule has 0 spiro atoms. The first-order chi connectivity index (χ1) is 5.22. The lowest BCUT2D eigenvalue weighted by molar-refractivity contribution is 0.645. The van der Waals surface area contributed by atoms with Gasteiger partial charge in [0.25, 0.3) is 0 Å². The monoisotopic (exact) mass is 172 g/mol. The van der Waals surface area contributed by atoms with Crippen LogP contribution in [0.4, 0.5) is 0 Å². The van der Waals surface area contributed by atoms with Gasteiger partial charge in [0.2, 0.25) is 0 Å². The smallest absolute Gasteiger partial charge is 0.0653 e. The standard InChI is InChI=1S/C8H16N2S/c1-4-10-8(7(2)9)5-6-11-3/h4,8,10H,1-2,5-6,9H2,3H3/t8-/m0/s1. The fourth-order valence-electron chi connectivity index (χ4n) is 0.754. The van der Waals surface area contributed by atoms with Crippen LogP contribution >= 0.6 is 11.8 Å². The summed E-state index contributed by atoms with van der Waals surface area (Å²) in [4.78, 5) is 0. The van der Waals surface area contributed by atoms with Gasteiger partial charge in [0.1, 0.15) is 0 Å². The quantitative estimate of drug-likeness (QED) is 0.634. The molecule has 0 aliphatic heterocycles. The van der Waals surface area contributed by atoms with Crippen LogP contribution in [0.5, 0.6) is 0 Å². The highest BCUT2D eigenvalue weighted by Gasteiger charge is 2.05. The molecule has 1 atom stereocenters. The molecule has 0 amide bonds. The van der Waals surface area contributed by atoms with Crippen molar-refractivity contribution in [2.24, 2.45) is 5.73 Å². The SMILES string of the molecule is C=CN[C@@H](CCSC)C(=C)N. The van der Waals surface area contributed by atoms with Crippen LogP contribution in [0.2, 0.25) is 0 Å². The molecule has 0 rings (SSSR count). The first kappa shape index (κ1) is 10.4. The summed E-state index contributed by atoms with van der Waals surface area (Å²) in [5.41, 5.74) is 6.23. The van der Waals surface area contributed by atoms with E-state index in [1.807, 2.05) is 0 Å². The van der Waals surface area contributed by atoms with Crippen LogP contribution in [-0.2, 0) is 0 Å². The van der Waals surface area contributed by atoms with Gasteiger partial charge in [-0.25, -0.2) is 0 Å². The molecule has 0 unspecified atom stereocenters.